The van der Waals surface area contributed by atoms with Crippen molar-refractivity contribution in [3.05, 3.63) is 29.8 Å². The molecule has 2 aliphatic heterocycles. The Morgan fingerprint density at radius 2 is 2.11 bits per heavy atom. The number of rotatable bonds is 5. The Hall–Kier alpha value is -2.02. The van der Waals surface area contributed by atoms with E-state index in [0.717, 1.165) is 25.6 Å². The molecule has 6 nitrogen and oxygen atoms in total. The Morgan fingerprint density at radius 3 is 2.79 bits per heavy atom. The molecule has 0 aromatic carbocycles. The van der Waals surface area contributed by atoms with Crippen LogP contribution in [0.25, 0.3) is 0 Å². The number of ether oxygens (including phenoxy) is 1. The second kappa shape index (κ2) is 8.99. The van der Waals surface area contributed by atoms with E-state index in [1.54, 1.807) is 4.90 Å². The molecule has 0 aliphatic carbocycles. The van der Waals surface area contributed by atoms with Crippen molar-refractivity contribution in [2.45, 2.75) is 51.6 Å². The summed E-state index contributed by atoms with van der Waals surface area (Å²) < 4.78 is 20.0. The van der Waals surface area contributed by atoms with Gasteiger partial charge in [0.2, 0.25) is 5.91 Å². The van der Waals surface area contributed by atoms with Crippen LogP contribution in [0.5, 0.6) is 0 Å². The highest BCUT2D eigenvalue weighted by Gasteiger charge is 2.41. The average Bonchev–Trinajstić information content (AvgIpc) is 2.81. The van der Waals surface area contributed by atoms with Crippen LogP contribution in [0.4, 0.5) is 4.39 Å². The van der Waals surface area contributed by atoms with E-state index in [9.17, 15) is 14.0 Å². The molecule has 2 saturated heterocycles. The maximum atomic E-state index is 13.9. The zero-order valence-electron chi connectivity index (χ0n) is 16.8. The number of piperidine rings is 1. The number of nitrogens with zero attached hydrogens (tertiary/aromatic N) is 3. The molecular weight excluding hydrogens is 361 g/mol. The number of hydrogen-bond donors (Lipinski definition) is 0. The van der Waals surface area contributed by atoms with Crippen molar-refractivity contribution in [2.24, 2.45) is 5.92 Å². The van der Waals surface area contributed by atoms with Gasteiger partial charge >= 0.3 is 0 Å². The van der Waals surface area contributed by atoms with Crippen molar-refractivity contribution >= 4 is 11.8 Å². The Labute approximate surface area is 166 Å². The van der Waals surface area contributed by atoms with Crippen molar-refractivity contribution in [1.29, 1.82) is 0 Å². The molecule has 154 valence electrons. The quantitative estimate of drug-likeness (QED) is 0.774. The van der Waals surface area contributed by atoms with Crippen molar-refractivity contribution in [3.8, 4) is 0 Å². The van der Waals surface area contributed by atoms with Crippen molar-refractivity contribution in [1.82, 2.24) is 14.8 Å². The number of carbonyl (C=O) groups is 2. The summed E-state index contributed by atoms with van der Waals surface area (Å²) in [5.41, 5.74) is -0.351. The van der Waals surface area contributed by atoms with E-state index in [1.165, 1.54) is 12.3 Å². The van der Waals surface area contributed by atoms with Gasteiger partial charge in [0.1, 0.15) is 0 Å². The molecular formula is C21H30FN3O3. The number of pyridine rings is 1. The van der Waals surface area contributed by atoms with Crippen molar-refractivity contribution in [2.75, 3.05) is 32.8 Å². The topological polar surface area (TPSA) is 62.7 Å². The summed E-state index contributed by atoms with van der Waals surface area (Å²) in [7, 11) is 0. The van der Waals surface area contributed by atoms with E-state index in [2.05, 4.69) is 18.8 Å². The van der Waals surface area contributed by atoms with Crippen LogP contribution in [0.3, 0.4) is 0 Å². The molecule has 7 heteroatoms. The summed E-state index contributed by atoms with van der Waals surface area (Å²) in [5, 5.41) is 0. The second-order valence-electron chi connectivity index (χ2n) is 8.28. The van der Waals surface area contributed by atoms with E-state index in [4.69, 9.17) is 4.74 Å². The molecule has 28 heavy (non-hydrogen) atoms. The minimum Gasteiger partial charge on any atom is -0.372 e. The standard InChI is InChI=1S/C21H30FN3O3/c1-16(2)4-3-10-25-15-21(28-13-6-19(25)26)7-11-24(12-8-21)20(27)17-5-9-23-14-18(17)22/h5,9,14,16H,3-4,6-8,10-13,15H2,1-2H3. The van der Waals surface area contributed by atoms with Gasteiger partial charge < -0.3 is 14.5 Å². The summed E-state index contributed by atoms with van der Waals surface area (Å²) >= 11 is 0. The first-order valence-corrected chi connectivity index (χ1v) is 10.2. The van der Waals surface area contributed by atoms with Gasteiger partial charge in [-0.3, -0.25) is 14.6 Å². The van der Waals surface area contributed by atoms with Gasteiger partial charge in [-0.2, -0.15) is 0 Å². The molecule has 0 bridgehead atoms. The summed E-state index contributed by atoms with van der Waals surface area (Å²) in [5.74, 6) is -0.137. The van der Waals surface area contributed by atoms with Crippen LogP contribution < -0.4 is 0 Å². The SMILES string of the molecule is CC(C)CCCN1CC2(CCN(C(=O)c3ccncc3F)CC2)OCCC1=O. The highest BCUT2D eigenvalue weighted by molar-refractivity contribution is 5.94. The molecule has 1 aromatic heterocycles. The smallest absolute Gasteiger partial charge is 0.256 e. The van der Waals surface area contributed by atoms with Gasteiger partial charge in [0.05, 0.1) is 30.4 Å². The van der Waals surface area contributed by atoms with E-state index in [0.29, 0.717) is 51.4 Å². The summed E-state index contributed by atoms with van der Waals surface area (Å²) in [6.07, 6.45) is 6.29. The number of aromatic nitrogens is 1. The molecule has 1 aromatic rings. The fourth-order valence-electron chi connectivity index (χ4n) is 4.03. The van der Waals surface area contributed by atoms with Crippen LogP contribution in [0.2, 0.25) is 0 Å². The average molecular weight is 391 g/mol. The molecule has 3 heterocycles. The molecule has 0 N–H and O–H groups in total. The summed E-state index contributed by atoms with van der Waals surface area (Å²) in [4.78, 5) is 32.4. The Balaban J connectivity index is 1.61. The number of hydrogen-bond acceptors (Lipinski definition) is 4. The van der Waals surface area contributed by atoms with Crippen LogP contribution in [0, 0.1) is 11.7 Å². The molecule has 0 saturated carbocycles. The minimum absolute atomic E-state index is 0.0539. The summed E-state index contributed by atoms with van der Waals surface area (Å²) in [6.45, 7) is 7.12. The predicted molar refractivity (Wildman–Crippen MR) is 103 cm³/mol. The highest BCUT2D eigenvalue weighted by Crippen LogP contribution is 2.31. The lowest BCUT2D eigenvalue weighted by atomic mass is 9.90. The van der Waals surface area contributed by atoms with Crippen molar-refractivity contribution < 1.29 is 18.7 Å². The van der Waals surface area contributed by atoms with Gasteiger partial charge in [-0.15, -0.1) is 0 Å². The lowest BCUT2D eigenvalue weighted by Gasteiger charge is -2.42. The van der Waals surface area contributed by atoms with Gasteiger partial charge in [0.25, 0.3) is 5.91 Å². The Kier molecular flexibility index (Phi) is 6.65. The fourth-order valence-corrected chi connectivity index (χ4v) is 4.03. The molecule has 0 unspecified atom stereocenters. The molecule has 0 radical (unpaired) electrons. The Morgan fingerprint density at radius 1 is 1.36 bits per heavy atom. The molecule has 0 atom stereocenters. The Bertz CT molecular complexity index is 702. The molecule has 2 fully saturated rings. The first kappa shape index (κ1) is 20.7. The number of likely N-dealkylation sites (tertiary alicyclic amines) is 1. The molecule has 2 amide bonds. The monoisotopic (exact) mass is 391 g/mol. The van der Waals surface area contributed by atoms with Crippen LogP contribution in [0.15, 0.2) is 18.5 Å². The normalized spacial score (nSPS) is 19.9. The zero-order valence-corrected chi connectivity index (χ0v) is 16.8. The first-order valence-electron chi connectivity index (χ1n) is 10.2. The van der Waals surface area contributed by atoms with E-state index < -0.39 is 11.4 Å². The lowest BCUT2D eigenvalue weighted by molar-refractivity contribution is -0.131. The first-order chi connectivity index (χ1) is 13.4. The van der Waals surface area contributed by atoms with Crippen molar-refractivity contribution in [3.63, 3.8) is 0 Å². The number of halogens is 1. The van der Waals surface area contributed by atoms with Crippen LogP contribution in [-0.2, 0) is 9.53 Å². The molecule has 1 spiro atoms. The maximum Gasteiger partial charge on any atom is 0.256 e. The lowest BCUT2D eigenvalue weighted by Crippen LogP contribution is -2.53. The van der Waals surface area contributed by atoms with E-state index in [-0.39, 0.29) is 17.4 Å². The maximum absolute atomic E-state index is 13.9. The summed E-state index contributed by atoms with van der Waals surface area (Å²) in [6, 6.07) is 1.42. The van der Waals surface area contributed by atoms with E-state index >= 15 is 0 Å². The number of carbonyl (C=O) groups excluding carboxylic acids is 2. The third kappa shape index (κ3) is 4.87. The van der Waals surface area contributed by atoms with Gasteiger partial charge in [-0.05, 0) is 37.7 Å². The van der Waals surface area contributed by atoms with Crippen LogP contribution in [0.1, 0.15) is 56.3 Å². The second-order valence-corrected chi connectivity index (χ2v) is 8.28. The fraction of sp³-hybridized carbons (Fsp3) is 0.667. The molecule has 3 rings (SSSR count). The largest absolute Gasteiger partial charge is 0.372 e. The van der Waals surface area contributed by atoms with Gasteiger partial charge in [0, 0.05) is 32.4 Å². The van der Waals surface area contributed by atoms with E-state index in [1.807, 2.05) is 4.90 Å². The van der Waals surface area contributed by atoms with Crippen LogP contribution >= 0.6 is 0 Å². The zero-order chi connectivity index (χ0) is 20.1. The van der Waals surface area contributed by atoms with Gasteiger partial charge in [-0.25, -0.2) is 4.39 Å². The third-order valence-corrected chi connectivity index (χ3v) is 5.73. The third-order valence-electron chi connectivity index (χ3n) is 5.73. The van der Waals surface area contributed by atoms with Crippen LogP contribution in [-0.4, -0.2) is 65.0 Å². The molecule has 2 aliphatic rings. The van der Waals surface area contributed by atoms with Gasteiger partial charge in [0.15, 0.2) is 5.82 Å². The minimum atomic E-state index is -0.597. The predicted octanol–water partition coefficient (Wildman–Crippen LogP) is 2.88. The number of amides is 2. The van der Waals surface area contributed by atoms with Gasteiger partial charge in [-0.1, -0.05) is 13.8 Å². The highest BCUT2D eigenvalue weighted by atomic mass is 19.1.